The van der Waals surface area contributed by atoms with Crippen molar-refractivity contribution in [3.63, 3.8) is 0 Å². The molecule has 0 radical (unpaired) electrons. The molecule has 2 heterocycles. The molecule has 1 aliphatic heterocycles. The minimum Gasteiger partial charge on any atom is -0.494 e. The molecule has 10 nitrogen and oxygen atoms in total. The van der Waals surface area contributed by atoms with E-state index in [4.69, 9.17) is 22.1 Å². The third-order valence-corrected chi connectivity index (χ3v) is 6.38. The van der Waals surface area contributed by atoms with E-state index in [1.807, 2.05) is 36.4 Å². The van der Waals surface area contributed by atoms with Gasteiger partial charge in [0.05, 0.1) is 19.0 Å². The highest BCUT2D eigenvalue weighted by Gasteiger charge is 2.16. The van der Waals surface area contributed by atoms with Crippen LogP contribution < -0.4 is 31.3 Å². The summed E-state index contributed by atoms with van der Waals surface area (Å²) in [5.41, 5.74) is 8.89. The van der Waals surface area contributed by atoms with Crippen molar-refractivity contribution in [1.82, 2.24) is 14.9 Å². The van der Waals surface area contributed by atoms with Gasteiger partial charge in [0.1, 0.15) is 10.8 Å². The number of ether oxygens (including phenoxy) is 1. The van der Waals surface area contributed by atoms with Crippen LogP contribution in [-0.2, 0) is 11.3 Å². The molecule has 0 saturated carbocycles. The highest BCUT2D eigenvalue weighted by atomic mass is 35.5. The summed E-state index contributed by atoms with van der Waals surface area (Å²) in [5.74, 6) is 1.34. The highest BCUT2D eigenvalue weighted by Crippen LogP contribution is 2.32. The average molecular weight is 537 g/mol. The first-order valence-electron chi connectivity index (χ1n) is 12.4. The Hall–Kier alpha value is -3.86. The largest absolute Gasteiger partial charge is 0.494 e. The zero-order valence-electron chi connectivity index (χ0n) is 21.6. The van der Waals surface area contributed by atoms with Crippen molar-refractivity contribution in [2.24, 2.45) is 5.73 Å². The molecule has 3 aromatic rings. The van der Waals surface area contributed by atoms with Gasteiger partial charge in [-0.1, -0.05) is 29.8 Å². The Kier molecular flexibility index (Phi) is 9.36. The van der Waals surface area contributed by atoms with Gasteiger partial charge in [-0.15, -0.1) is 0 Å². The predicted molar refractivity (Wildman–Crippen MR) is 154 cm³/mol. The lowest BCUT2D eigenvalue weighted by Crippen LogP contribution is -2.44. The number of anilines is 5. The smallest absolute Gasteiger partial charge is 0.248 e. The quantitative estimate of drug-likeness (QED) is 0.287. The number of methoxy groups -OCH3 is 1. The molecule has 1 aliphatic rings. The van der Waals surface area contributed by atoms with Gasteiger partial charge in [0.2, 0.25) is 11.9 Å². The number of hydrogen-bond acceptors (Lipinski definition) is 9. The summed E-state index contributed by atoms with van der Waals surface area (Å²) < 4.78 is 5.65. The van der Waals surface area contributed by atoms with Gasteiger partial charge in [-0.3, -0.25) is 4.79 Å². The molecule has 0 spiro atoms. The molecule has 2 aromatic carbocycles. The number of nitrogens with one attached hydrogen (secondary N) is 3. The van der Waals surface area contributed by atoms with Crippen molar-refractivity contribution in [2.45, 2.75) is 6.54 Å². The number of carbonyl (C=O) groups is 1. The normalized spacial score (nSPS) is 13.9. The summed E-state index contributed by atoms with van der Waals surface area (Å²) in [4.78, 5) is 25.5. The van der Waals surface area contributed by atoms with Gasteiger partial charge in [-0.2, -0.15) is 4.98 Å². The van der Waals surface area contributed by atoms with Crippen LogP contribution in [0.15, 0.2) is 60.8 Å². The van der Waals surface area contributed by atoms with E-state index in [1.165, 1.54) is 6.08 Å². The summed E-state index contributed by atoms with van der Waals surface area (Å²) in [5, 5.41) is 9.69. The lowest BCUT2D eigenvalue weighted by atomic mass is 10.2. The van der Waals surface area contributed by atoms with Gasteiger partial charge in [0.15, 0.2) is 5.82 Å². The molecule has 0 atom stereocenters. The summed E-state index contributed by atoms with van der Waals surface area (Å²) in [6.45, 7) is 4.76. The van der Waals surface area contributed by atoms with Crippen LogP contribution in [0, 0.1) is 0 Å². The van der Waals surface area contributed by atoms with Crippen molar-refractivity contribution in [1.29, 1.82) is 0 Å². The van der Waals surface area contributed by atoms with E-state index >= 15 is 0 Å². The SMILES string of the molecule is COc1cc(N2CCN(C)CC2)ccc1Nc1ncc(Cl)c(NCc2cccc(NC(=O)/C=C/CN)c2)n1. The first-order valence-corrected chi connectivity index (χ1v) is 12.7. The van der Waals surface area contributed by atoms with E-state index in [2.05, 4.69) is 48.8 Å². The second-order valence-corrected chi connectivity index (χ2v) is 9.28. The van der Waals surface area contributed by atoms with Gasteiger partial charge in [-0.25, -0.2) is 4.98 Å². The van der Waals surface area contributed by atoms with E-state index < -0.39 is 0 Å². The molecule has 1 amide bonds. The molecule has 0 aliphatic carbocycles. The van der Waals surface area contributed by atoms with E-state index in [-0.39, 0.29) is 5.91 Å². The van der Waals surface area contributed by atoms with Gasteiger partial charge in [0, 0.05) is 62.8 Å². The number of rotatable bonds is 10. The Morgan fingerprint density at radius 2 is 2.00 bits per heavy atom. The van der Waals surface area contributed by atoms with Crippen LogP contribution in [0.5, 0.6) is 5.75 Å². The van der Waals surface area contributed by atoms with Gasteiger partial charge >= 0.3 is 0 Å². The molecule has 1 fully saturated rings. The van der Waals surface area contributed by atoms with E-state index in [0.717, 1.165) is 43.1 Å². The number of likely N-dealkylation sites (N-methyl/N-ethyl adjacent to an activating group) is 1. The zero-order valence-corrected chi connectivity index (χ0v) is 22.3. The number of nitrogens with two attached hydrogens (primary N) is 1. The molecular formula is C27H33ClN8O2. The first-order chi connectivity index (χ1) is 18.4. The Balaban J connectivity index is 1.42. The molecular weight excluding hydrogens is 504 g/mol. The molecule has 11 heteroatoms. The third-order valence-electron chi connectivity index (χ3n) is 6.10. The number of piperazine rings is 1. The lowest BCUT2D eigenvalue weighted by Gasteiger charge is -2.34. The zero-order chi connectivity index (χ0) is 26.9. The Bertz CT molecular complexity index is 1280. The molecule has 200 valence electrons. The number of aromatic nitrogens is 2. The number of nitrogens with zero attached hydrogens (tertiary/aromatic N) is 4. The Labute approximate surface area is 227 Å². The van der Waals surface area contributed by atoms with Crippen LogP contribution >= 0.6 is 11.6 Å². The maximum absolute atomic E-state index is 11.9. The maximum atomic E-state index is 11.9. The van der Waals surface area contributed by atoms with Gasteiger partial charge in [-0.05, 0) is 36.9 Å². The Morgan fingerprint density at radius 1 is 1.18 bits per heavy atom. The number of benzene rings is 2. The summed E-state index contributed by atoms with van der Waals surface area (Å²) in [6.07, 6.45) is 4.56. The van der Waals surface area contributed by atoms with Crippen LogP contribution in [0.25, 0.3) is 0 Å². The van der Waals surface area contributed by atoms with E-state index in [9.17, 15) is 4.79 Å². The molecule has 1 saturated heterocycles. The predicted octanol–water partition coefficient (Wildman–Crippen LogP) is 3.70. The van der Waals surface area contributed by atoms with Gasteiger partial charge < -0.3 is 36.2 Å². The van der Waals surface area contributed by atoms with Crippen LogP contribution in [0.2, 0.25) is 5.02 Å². The number of hydrogen-bond donors (Lipinski definition) is 4. The summed E-state index contributed by atoms with van der Waals surface area (Å²) >= 11 is 6.37. The van der Waals surface area contributed by atoms with E-state index in [0.29, 0.717) is 41.3 Å². The summed E-state index contributed by atoms with van der Waals surface area (Å²) in [7, 11) is 3.79. The molecule has 5 N–H and O–H groups in total. The van der Waals surface area contributed by atoms with Crippen LogP contribution in [0.1, 0.15) is 5.56 Å². The fourth-order valence-electron chi connectivity index (χ4n) is 4.02. The lowest BCUT2D eigenvalue weighted by molar-refractivity contribution is -0.111. The second kappa shape index (κ2) is 13.1. The van der Waals surface area contributed by atoms with Crippen LogP contribution in [-0.4, -0.2) is 67.7 Å². The number of amides is 1. The van der Waals surface area contributed by atoms with Crippen LogP contribution in [0.4, 0.5) is 28.8 Å². The van der Waals surface area contributed by atoms with Gasteiger partial charge in [0.25, 0.3) is 0 Å². The Morgan fingerprint density at radius 3 is 2.76 bits per heavy atom. The van der Waals surface area contributed by atoms with Crippen molar-refractivity contribution in [2.75, 3.05) is 67.7 Å². The molecule has 38 heavy (non-hydrogen) atoms. The highest BCUT2D eigenvalue weighted by molar-refractivity contribution is 6.32. The van der Waals surface area contributed by atoms with Crippen molar-refractivity contribution >= 4 is 46.3 Å². The fraction of sp³-hybridized carbons (Fsp3) is 0.296. The topological polar surface area (TPSA) is 121 Å². The van der Waals surface area contributed by atoms with Crippen molar-refractivity contribution in [3.8, 4) is 5.75 Å². The first kappa shape index (κ1) is 27.2. The monoisotopic (exact) mass is 536 g/mol. The molecule has 0 bridgehead atoms. The van der Waals surface area contributed by atoms with Crippen molar-refractivity contribution in [3.05, 3.63) is 71.4 Å². The van der Waals surface area contributed by atoms with Crippen molar-refractivity contribution < 1.29 is 9.53 Å². The fourth-order valence-corrected chi connectivity index (χ4v) is 4.18. The standard InChI is InChI=1S/C27H33ClN8O2/c1-35-11-13-36(14-12-35)21-8-9-23(24(16-21)38-2)33-27-31-18-22(28)26(34-27)30-17-19-5-3-6-20(15-19)32-25(37)7-4-10-29/h3-9,15-16,18H,10-14,17,29H2,1-2H3,(H,32,37)(H2,30,31,33,34)/b7-4+. The molecule has 0 unspecified atom stereocenters. The average Bonchev–Trinajstić information content (AvgIpc) is 2.93. The minimum atomic E-state index is -0.234. The number of carbonyl (C=O) groups excluding carboxylic acids is 1. The van der Waals surface area contributed by atoms with E-state index in [1.54, 1.807) is 19.4 Å². The third kappa shape index (κ3) is 7.34. The number of halogens is 1. The minimum absolute atomic E-state index is 0.234. The summed E-state index contributed by atoms with van der Waals surface area (Å²) in [6, 6.07) is 13.6. The molecule has 1 aromatic heterocycles. The second-order valence-electron chi connectivity index (χ2n) is 8.87. The molecule has 4 rings (SSSR count). The van der Waals surface area contributed by atoms with Crippen LogP contribution in [0.3, 0.4) is 0 Å². The maximum Gasteiger partial charge on any atom is 0.248 e.